The van der Waals surface area contributed by atoms with Gasteiger partial charge in [-0.25, -0.2) is 9.97 Å². The number of halogens is 3. The van der Waals surface area contributed by atoms with Crippen molar-refractivity contribution in [2.45, 2.75) is 32.0 Å². The standard InChI is InChI=1S/C15H16F3N3/c1-10(19)5-12-8-20-14(21-9-12)7-11-3-2-4-13(6-11)15(16,17)18/h2-4,6,8-10H,5,7,19H2,1H3. The predicted molar refractivity (Wildman–Crippen MR) is 73.6 cm³/mol. The van der Waals surface area contributed by atoms with E-state index in [9.17, 15) is 13.2 Å². The van der Waals surface area contributed by atoms with Crippen LogP contribution in [-0.2, 0) is 19.0 Å². The third-order valence-electron chi connectivity index (χ3n) is 2.93. The molecule has 0 aliphatic carbocycles. The van der Waals surface area contributed by atoms with Crippen molar-refractivity contribution in [3.05, 3.63) is 59.2 Å². The van der Waals surface area contributed by atoms with Crippen molar-refractivity contribution in [1.82, 2.24) is 9.97 Å². The summed E-state index contributed by atoms with van der Waals surface area (Å²) in [6, 6.07) is 5.22. The Morgan fingerprint density at radius 2 is 1.81 bits per heavy atom. The van der Waals surface area contributed by atoms with Gasteiger partial charge in [-0.2, -0.15) is 13.2 Å². The fourth-order valence-electron chi connectivity index (χ4n) is 1.99. The van der Waals surface area contributed by atoms with E-state index in [-0.39, 0.29) is 12.5 Å². The second-order valence-corrected chi connectivity index (χ2v) is 5.06. The summed E-state index contributed by atoms with van der Waals surface area (Å²) in [6.45, 7) is 1.89. The molecule has 21 heavy (non-hydrogen) atoms. The average molecular weight is 295 g/mol. The molecule has 0 aliphatic heterocycles. The number of hydrogen-bond acceptors (Lipinski definition) is 3. The monoisotopic (exact) mass is 295 g/mol. The Morgan fingerprint density at radius 3 is 2.38 bits per heavy atom. The lowest BCUT2D eigenvalue weighted by molar-refractivity contribution is -0.137. The van der Waals surface area contributed by atoms with Gasteiger partial charge in [-0.1, -0.05) is 18.2 Å². The van der Waals surface area contributed by atoms with Crippen LogP contribution < -0.4 is 5.73 Å². The van der Waals surface area contributed by atoms with Crippen molar-refractivity contribution in [1.29, 1.82) is 0 Å². The number of nitrogens with two attached hydrogens (primary N) is 1. The van der Waals surface area contributed by atoms with Crippen LogP contribution in [0, 0.1) is 0 Å². The first kappa shape index (κ1) is 15.4. The number of nitrogens with zero attached hydrogens (tertiary/aromatic N) is 2. The summed E-state index contributed by atoms with van der Waals surface area (Å²) in [5.41, 5.74) is 6.47. The topological polar surface area (TPSA) is 51.8 Å². The Bertz CT molecular complexity index is 592. The van der Waals surface area contributed by atoms with Gasteiger partial charge >= 0.3 is 6.18 Å². The lowest BCUT2D eigenvalue weighted by Crippen LogP contribution is -2.18. The first-order chi connectivity index (χ1) is 9.84. The minimum absolute atomic E-state index is 0.0166. The molecule has 112 valence electrons. The summed E-state index contributed by atoms with van der Waals surface area (Å²) in [7, 11) is 0. The lowest BCUT2D eigenvalue weighted by atomic mass is 10.1. The van der Waals surface area contributed by atoms with E-state index in [2.05, 4.69) is 9.97 Å². The van der Waals surface area contributed by atoms with E-state index < -0.39 is 11.7 Å². The molecule has 1 unspecified atom stereocenters. The Balaban J connectivity index is 2.11. The van der Waals surface area contributed by atoms with E-state index in [4.69, 9.17) is 5.73 Å². The predicted octanol–water partition coefficient (Wildman–Crippen LogP) is 2.98. The highest BCUT2D eigenvalue weighted by Crippen LogP contribution is 2.29. The third kappa shape index (κ3) is 4.53. The Hall–Kier alpha value is -1.95. The molecule has 0 radical (unpaired) electrons. The van der Waals surface area contributed by atoms with Crippen LogP contribution in [0.15, 0.2) is 36.7 Å². The first-order valence-corrected chi connectivity index (χ1v) is 6.56. The Morgan fingerprint density at radius 1 is 1.14 bits per heavy atom. The fourth-order valence-corrected chi connectivity index (χ4v) is 1.99. The van der Waals surface area contributed by atoms with Gasteiger partial charge in [0, 0.05) is 24.9 Å². The van der Waals surface area contributed by atoms with Gasteiger partial charge < -0.3 is 5.73 Å². The van der Waals surface area contributed by atoms with E-state index in [0.29, 0.717) is 17.8 Å². The highest BCUT2D eigenvalue weighted by molar-refractivity contribution is 5.27. The summed E-state index contributed by atoms with van der Waals surface area (Å²) >= 11 is 0. The van der Waals surface area contributed by atoms with E-state index in [0.717, 1.165) is 17.7 Å². The first-order valence-electron chi connectivity index (χ1n) is 6.56. The molecule has 1 heterocycles. The molecule has 0 bridgehead atoms. The number of alkyl halides is 3. The van der Waals surface area contributed by atoms with E-state index in [1.54, 1.807) is 18.5 Å². The summed E-state index contributed by atoms with van der Waals surface area (Å²) in [6.07, 6.45) is -0.0667. The van der Waals surface area contributed by atoms with Crippen LogP contribution in [0.5, 0.6) is 0 Å². The molecule has 0 saturated carbocycles. The molecule has 3 nitrogen and oxygen atoms in total. The van der Waals surface area contributed by atoms with Gasteiger partial charge in [-0.15, -0.1) is 0 Å². The van der Waals surface area contributed by atoms with E-state index in [1.165, 1.54) is 6.07 Å². The molecular formula is C15H16F3N3. The normalized spacial score (nSPS) is 13.2. The van der Waals surface area contributed by atoms with Crippen LogP contribution in [0.25, 0.3) is 0 Å². The molecule has 2 aromatic rings. The van der Waals surface area contributed by atoms with Crippen LogP contribution in [0.1, 0.15) is 29.4 Å². The van der Waals surface area contributed by atoms with Gasteiger partial charge in [0.05, 0.1) is 5.56 Å². The maximum absolute atomic E-state index is 12.6. The van der Waals surface area contributed by atoms with Gasteiger partial charge in [0.2, 0.25) is 0 Å². The zero-order chi connectivity index (χ0) is 15.5. The molecular weight excluding hydrogens is 279 g/mol. The molecule has 1 aromatic carbocycles. The molecule has 2 rings (SSSR count). The Labute approximate surface area is 121 Å². The lowest BCUT2D eigenvalue weighted by Gasteiger charge is -2.09. The van der Waals surface area contributed by atoms with Gasteiger partial charge in [0.1, 0.15) is 5.82 Å². The van der Waals surface area contributed by atoms with Crippen molar-refractivity contribution < 1.29 is 13.2 Å². The van der Waals surface area contributed by atoms with Crippen molar-refractivity contribution >= 4 is 0 Å². The molecule has 2 N–H and O–H groups in total. The quantitative estimate of drug-likeness (QED) is 0.943. The van der Waals surface area contributed by atoms with Crippen LogP contribution >= 0.6 is 0 Å². The highest BCUT2D eigenvalue weighted by atomic mass is 19.4. The van der Waals surface area contributed by atoms with Crippen LogP contribution in [0.4, 0.5) is 13.2 Å². The number of benzene rings is 1. The van der Waals surface area contributed by atoms with Gasteiger partial charge in [0.25, 0.3) is 0 Å². The summed E-state index contributed by atoms with van der Waals surface area (Å²) in [5.74, 6) is 0.489. The van der Waals surface area contributed by atoms with Crippen molar-refractivity contribution in [2.24, 2.45) is 5.73 Å². The molecule has 1 atom stereocenters. The smallest absolute Gasteiger partial charge is 0.328 e. The Kier molecular flexibility index (Phi) is 4.57. The molecule has 6 heteroatoms. The van der Waals surface area contributed by atoms with Gasteiger partial charge in [0.15, 0.2) is 0 Å². The zero-order valence-electron chi connectivity index (χ0n) is 11.6. The largest absolute Gasteiger partial charge is 0.416 e. The molecule has 0 amide bonds. The maximum Gasteiger partial charge on any atom is 0.416 e. The van der Waals surface area contributed by atoms with Gasteiger partial charge in [-0.3, -0.25) is 0 Å². The van der Waals surface area contributed by atoms with Gasteiger partial charge in [-0.05, 0) is 30.5 Å². The van der Waals surface area contributed by atoms with E-state index in [1.807, 2.05) is 6.92 Å². The maximum atomic E-state index is 12.6. The number of aromatic nitrogens is 2. The molecule has 0 saturated heterocycles. The van der Waals surface area contributed by atoms with Crippen LogP contribution in [-0.4, -0.2) is 16.0 Å². The zero-order valence-corrected chi connectivity index (χ0v) is 11.6. The number of rotatable bonds is 4. The van der Waals surface area contributed by atoms with Crippen molar-refractivity contribution in [3.63, 3.8) is 0 Å². The van der Waals surface area contributed by atoms with Crippen molar-refractivity contribution in [2.75, 3.05) is 0 Å². The second-order valence-electron chi connectivity index (χ2n) is 5.06. The summed E-state index contributed by atoms with van der Waals surface area (Å²) in [5, 5.41) is 0. The second kappa shape index (κ2) is 6.22. The summed E-state index contributed by atoms with van der Waals surface area (Å²) < 4.78 is 37.9. The molecule has 1 aromatic heterocycles. The number of hydrogen-bond donors (Lipinski definition) is 1. The molecule has 0 aliphatic rings. The third-order valence-corrected chi connectivity index (χ3v) is 2.93. The molecule has 0 fully saturated rings. The average Bonchev–Trinajstić information content (AvgIpc) is 2.40. The highest BCUT2D eigenvalue weighted by Gasteiger charge is 2.30. The van der Waals surface area contributed by atoms with Crippen molar-refractivity contribution in [3.8, 4) is 0 Å². The fraction of sp³-hybridized carbons (Fsp3) is 0.333. The SMILES string of the molecule is CC(N)Cc1cnc(Cc2cccc(C(F)(F)F)c2)nc1. The van der Waals surface area contributed by atoms with Crippen LogP contribution in [0.2, 0.25) is 0 Å². The van der Waals surface area contributed by atoms with E-state index >= 15 is 0 Å². The summed E-state index contributed by atoms with van der Waals surface area (Å²) in [4.78, 5) is 8.34. The minimum atomic E-state index is -4.34. The molecule has 0 spiro atoms. The minimum Gasteiger partial charge on any atom is -0.328 e. The van der Waals surface area contributed by atoms with Crippen LogP contribution in [0.3, 0.4) is 0 Å².